The quantitative estimate of drug-likeness (QED) is 0.0117. The van der Waals surface area contributed by atoms with Gasteiger partial charge >= 0.3 is 0 Å². The van der Waals surface area contributed by atoms with Crippen LogP contribution in [0.2, 0.25) is 0 Å². The van der Waals surface area contributed by atoms with Gasteiger partial charge in [0.1, 0.15) is 24.4 Å². The third-order valence-corrected chi connectivity index (χ3v) is 22.9. The van der Waals surface area contributed by atoms with Crippen LogP contribution in [-0.2, 0) is 47.7 Å². The van der Waals surface area contributed by atoms with Gasteiger partial charge in [-0.2, -0.15) is 0 Å². The van der Waals surface area contributed by atoms with Crippen molar-refractivity contribution in [3.8, 4) is 69.0 Å². The van der Waals surface area contributed by atoms with Gasteiger partial charge in [0.2, 0.25) is 35.4 Å². The number of carbonyl (C=O) groups excluding carboxylic acids is 8. The Morgan fingerprint density at radius 3 is 0.828 bits per heavy atom. The van der Waals surface area contributed by atoms with Gasteiger partial charge < -0.3 is 121 Å². The van der Waals surface area contributed by atoms with Crippen LogP contribution in [0, 0.1) is 0 Å². The Balaban J connectivity index is 0.694. The van der Waals surface area contributed by atoms with Gasteiger partial charge in [-0.15, -0.1) is 0 Å². The predicted octanol–water partition coefficient (Wildman–Crippen LogP) is 6.08. The molecule has 0 fully saturated rings. The zero-order chi connectivity index (χ0) is 87.8. The van der Waals surface area contributed by atoms with E-state index in [2.05, 4.69) is 41.2 Å². The lowest BCUT2D eigenvalue weighted by atomic mass is 10.1. The standard InChI is InChI=1S/C84H102N12O24S2/c1-47-65(89-77(117-47)53-21-11-27-59(99)71(53)107)81(113)93(41-17-43-95(39-15-35-87-75(111)51-19-9-25-57(97)69(51)105)83(115)67-49(3)119-79(91-67)55-23-13-29-61(101)73(55)109)37-7-5-33-85-63(103)31-45-121-122-46-32-64(104)86-34-6-8-38-94(82(114)66-48(2)118-78(90-66)54-22-12-28-60(100)72(54)108)42-18-44-96(40-16-36-88-76(112)52-20-10-26-58(98)70(52)106)84(116)68-50(4)120-80(92-68)56-24-14-30-62(102)74(56)110/h9-14,19-30,47-50,65-68,97-102,105-110H,5-8,15-18,31-46H2,1-4H3,(H,85,103)(H,86,104)(H,87,111)(H,88,112)/t47-,48-,49-,50-,65+,66+,67+,68+/m1/s1. The molecule has 4 aliphatic rings. The van der Waals surface area contributed by atoms with Crippen molar-refractivity contribution >= 4 is 92.4 Å². The Morgan fingerprint density at radius 1 is 0.311 bits per heavy atom. The highest BCUT2D eigenvalue weighted by Crippen LogP contribution is 2.38. The van der Waals surface area contributed by atoms with Gasteiger partial charge in [-0.05, 0) is 152 Å². The molecule has 6 aromatic carbocycles. The topological polar surface area (TPSA) is 527 Å². The molecule has 36 nitrogen and oxygen atoms in total. The van der Waals surface area contributed by atoms with E-state index in [-0.39, 0.29) is 186 Å². The average molecular weight is 1730 g/mol. The molecule has 6 aromatic rings. The monoisotopic (exact) mass is 1730 g/mol. The molecule has 0 aliphatic carbocycles. The molecule has 0 saturated carbocycles. The number of phenolic OH excluding ortho intramolecular Hbond substituents is 12. The largest absolute Gasteiger partial charge is 0.504 e. The summed E-state index contributed by atoms with van der Waals surface area (Å²) in [6.07, 6.45) is -0.431. The average Bonchev–Trinajstić information content (AvgIpc) is 1.67. The van der Waals surface area contributed by atoms with Gasteiger partial charge in [-0.3, -0.25) is 38.4 Å². The highest BCUT2D eigenvalue weighted by Gasteiger charge is 2.42. The first-order valence-corrected chi connectivity index (χ1v) is 42.5. The molecular formula is C84H102N12O24S2. The number of phenols is 12. The molecule has 0 aromatic heterocycles. The number of benzene rings is 6. The third kappa shape index (κ3) is 23.7. The lowest BCUT2D eigenvalue weighted by molar-refractivity contribution is -0.136. The second kappa shape index (κ2) is 43.5. The summed E-state index contributed by atoms with van der Waals surface area (Å²) in [4.78, 5) is 135. The van der Waals surface area contributed by atoms with Crippen molar-refractivity contribution in [2.45, 2.75) is 140 Å². The van der Waals surface area contributed by atoms with Crippen molar-refractivity contribution in [1.82, 2.24) is 40.9 Å². The molecular weight excluding hydrogens is 1630 g/mol. The molecule has 8 amide bonds. The van der Waals surface area contributed by atoms with E-state index in [4.69, 9.17) is 18.9 Å². The number of unbranched alkanes of at least 4 members (excludes halogenated alkanes) is 2. The fourth-order valence-electron chi connectivity index (χ4n) is 13.8. The van der Waals surface area contributed by atoms with Crippen molar-refractivity contribution in [3.05, 3.63) is 143 Å². The van der Waals surface area contributed by atoms with Crippen LogP contribution in [0.1, 0.15) is 135 Å². The van der Waals surface area contributed by atoms with E-state index in [0.29, 0.717) is 37.2 Å². The summed E-state index contributed by atoms with van der Waals surface area (Å²) >= 11 is 0. The van der Waals surface area contributed by atoms with E-state index in [0.717, 1.165) is 0 Å². The Bertz CT molecular complexity index is 4600. The lowest BCUT2D eigenvalue weighted by Crippen LogP contribution is -2.46. The number of ether oxygens (including phenoxy) is 4. The first kappa shape index (κ1) is 91.6. The minimum atomic E-state index is -1.11. The second-order valence-electron chi connectivity index (χ2n) is 29.3. The molecule has 0 bridgehead atoms. The van der Waals surface area contributed by atoms with Gasteiger partial charge in [-0.1, -0.05) is 58.0 Å². The molecule has 10 rings (SSSR count). The maximum Gasteiger partial charge on any atom is 0.255 e. The van der Waals surface area contributed by atoms with Gasteiger partial charge in [0.15, 0.2) is 93.2 Å². The minimum Gasteiger partial charge on any atom is -0.504 e. The lowest BCUT2D eigenvalue weighted by Gasteiger charge is -2.29. The maximum atomic E-state index is 14.6. The molecule has 0 spiro atoms. The zero-order valence-electron chi connectivity index (χ0n) is 67.6. The van der Waals surface area contributed by atoms with Crippen LogP contribution < -0.4 is 21.3 Å². The van der Waals surface area contributed by atoms with E-state index in [1.54, 1.807) is 37.5 Å². The van der Waals surface area contributed by atoms with Crippen LogP contribution in [0.5, 0.6) is 69.0 Å². The van der Waals surface area contributed by atoms with Gasteiger partial charge in [0, 0.05) is 103 Å². The molecule has 8 atom stereocenters. The Labute approximate surface area is 710 Å². The number of carbonyl (C=O) groups is 8. The van der Waals surface area contributed by atoms with Gasteiger partial charge in [0.05, 0.1) is 33.4 Å². The molecule has 0 unspecified atom stereocenters. The number of aliphatic imine (C=N–C) groups is 4. The van der Waals surface area contributed by atoms with E-state index in [1.165, 1.54) is 141 Å². The number of hydrogen-bond donors (Lipinski definition) is 16. The normalized spacial score (nSPS) is 18.2. The summed E-state index contributed by atoms with van der Waals surface area (Å²) in [5, 5.41) is 135. The smallest absolute Gasteiger partial charge is 0.255 e. The SMILES string of the molecule is C[C@H]1OC(c2cccc(O)c2O)=N[C@@H]1C(=O)N(CCCCNC(=O)CCSSCCC(=O)NCCCCN(CCCN(CCCNC(=O)c1cccc(O)c1O)C(=O)[C@H]1N=C(c2cccc(O)c2O)O[C@@H]1C)C(=O)[C@H]1N=C(c2cccc(O)c2O)O[C@@H]1C)CCCN(CCCNC(=O)c1cccc(O)c1O)C(=O)[C@H]1N=C(c2cccc(O)c2O)O[C@@H]1C. The number of amides is 8. The number of hydrogen-bond acceptors (Lipinski definition) is 30. The van der Waals surface area contributed by atoms with Crippen LogP contribution in [0.3, 0.4) is 0 Å². The highest BCUT2D eigenvalue weighted by molar-refractivity contribution is 8.76. The zero-order valence-corrected chi connectivity index (χ0v) is 69.3. The molecule has 654 valence electrons. The first-order valence-electron chi connectivity index (χ1n) is 40.1. The van der Waals surface area contributed by atoms with E-state index in [9.17, 15) is 99.6 Å². The molecule has 122 heavy (non-hydrogen) atoms. The first-order chi connectivity index (χ1) is 58.5. The number of nitrogens with one attached hydrogen (secondary N) is 4. The van der Waals surface area contributed by atoms with Gasteiger partial charge in [0.25, 0.3) is 35.4 Å². The Morgan fingerprint density at radius 2 is 0.549 bits per heavy atom. The molecule has 0 saturated heterocycles. The summed E-state index contributed by atoms with van der Waals surface area (Å²) in [5.74, 6) is -8.82. The van der Waals surface area contributed by atoms with E-state index >= 15 is 0 Å². The Hall–Kier alpha value is -12.7. The van der Waals surface area contributed by atoms with E-state index in [1.807, 2.05) is 0 Å². The van der Waals surface area contributed by atoms with Crippen LogP contribution in [-0.4, -0.2) is 290 Å². The number of nitrogens with zero attached hydrogens (tertiary/aromatic N) is 8. The van der Waals surface area contributed by atoms with Crippen LogP contribution in [0.4, 0.5) is 0 Å². The molecule has 16 N–H and O–H groups in total. The summed E-state index contributed by atoms with van der Waals surface area (Å²) in [6.45, 7) is 7.88. The van der Waals surface area contributed by atoms with Crippen LogP contribution in [0.15, 0.2) is 129 Å². The van der Waals surface area contributed by atoms with Crippen molar-refractivity contribution in [2.75, 3.05) is 90.0 Å². The summed E-state index contributed by atoms with van der Waals surface area (Å²) in [6, 6.07) is 20.5. The van der Waals surface area contributed by atoms with Crippen molar-refractivity contribution in [3.63, 3.8) is 0 Å². The summed E-state index contributed by atoms with van der Waals surface area (Å²) < 4.78 is 23.8. The number of para-hydroxylation sites is 6. The maximum absolute atomic E-state index is 14.6. The third-order valence-electron chi connectivity index (χ3n) is 20.5. The van der Waals surface area contributed by atoms with Crippen molar-refractivity contribution in [2.24, 2.45) is 20.0 Å². The fraction of sp³-hybridized carbons (Fsp3) is 0.429. The summed E-state index contributed by atoms with van der Waals surface area (Å²) in [7, 11) is 2.84. The van der Waals surface area contributed by atoms with Crippen molar-refractivity contribution < 1.29 is 119 Å². The van der Waals surface area contributed by atoms with Gasteiger partial charge in [-0.25, -0.2) is 20.0 Å². The number of aromatic hydroxyl groups is 12. The van der Waals surface area contributed by atoms with E-state index < -0.39 is 153 Å². The number of rotatable bonds is 43. The highest BCUT2D eigenvalue weighted by atomic mass is 33.1. The molecule has 4 heterocycles. The predicted molar refractivity (Wildman–Crippen MR) is 450 cm³/mol. The molecule has 4 aliphatic heterocycles. The minimum absolute atomic E-state index is 0.0279. The van der Waals surface area contributed by atoms with Crippen LogP contribution in [0.25, 0.3) is 0 Å². The molecule has 38 heteroatoms. The van der Waals surface area contributed by atoms with Crippen molar-refractivity contribution in [1.29, 1.82) is 0 Å². The van der Waals surface area contributed by atoms with Crippen LogP contribution >= 0.6 is 21.6 Å². The molecule has 0 radical (unpaired) electrons. The fourth-order valence-corrected chi connectivity index (χ4v) is 15.8. The summed E-state index contributed by atoms with van der Waals surface area (Å²) in [5.41, 5.74) is -0.0427. The second-order valence-corrected chi connectivity index (χ2v) is 32.0. The Kier molecular flexibility index (Phi) is 32.6.